The van der Waals surface area contributed by atoms with E-state index in [1.54, 1.807) is 30.3 Å². The van der Waals surface area contributed by atoms with Gasteiger partial charge in [0.2, 0.25) is 4.96 Å². The van der Waals surface area contributed by atoms with Crippen molar-refractivity contribution in [1.82, 2.24) is 14.6 Å². The third-order valence-electron chi connectivity index (χ3n) is 5.14. The van der Waals surface area contributed by atoms with Gasteiger partial charge in [0, 0.05) is 11.1 Å². The Morgan fingerprint density at radius 1 is 1.16 bits per heavy atom. The fraction of sp³-hybridized carbons (Fsp3) is 0.167. The third-order valence-corrected chi connectivity index (χ3v) is 6.10. The first-order chi connectivity index (χ1) is 15.5. The summed E-state index contributed by atoms with van der Waals surface area (Å²) in [5, 5.41) is 4.32. The highest BCUT2D eigenvalue weighted by Crippen LogP contribution is 2.29. The zero-order valence-electron chi connectivity index (χ0n) is 17.4. The summed E-state index contributed by atoms with van der Waals surface area (Å²) in [4.78, 5) is 30.0. The second kappa shape index (κ2) is 8.05. The molecule has 1 unspecified atom stereocenters. The van der Waals surface area contributed by atoms with Crippen molar-refractivity contribution >= 4 is 28.4 Å². The zero-order chi connectivity index (χ0) is 22.2. The van der Waals surface area contributed by atoms with E-state index in [1.165, 1.54) is 4.52 Å². The number of benzene rings is 2. The van der Waals surface area contributed by atoms with Crippen LogP contribution in [0.15, 0.2) is 63.7 Å². The largest absolute Gasteiger partial charge is 0.494 e. The van der Waals surface area contributed by atoms with Crippen molar-refractivity contribution in [3.63, 3.8) is 0 Å². The van der Waals surface area contributed by atoms with Crippen molar-refractivity contribution in [2.24, 2.45) is 0 Å². The normalized spacial score (nSPS) is 15.9. The second-order valence-corrected chi connectivity index (χ2v) is 8.28. The van der Waals surface area contributed by atoms with Crippen LogP contribution in [-0.2, 0) is 0 Å². The molecule has 4 aromatic rings. The average Bonchev–Trinajstić information content (AvgIpc) is 3.08. The van der Waals surface area contributed by atoms with Crippen molar-refractivity contribution in [2.45, 2.75) is 20.0 Å². The Morgan fingerprint density at radius 2 is 1.94 bits per heavy atom. The van der Waals surface area contributed by atoms with Crippen molar-refractivity contribution in [2.75, 3.05) is 6.61 Å². The van der Waals surface area contributed by atoms with Crippen LogP contribution in [0.1, 0.15) is 19.4 Å². The molecular formula is C24H19N3O4S. The minimum atomic E-state index is -0.482. The van der Waals surface area contributed by atoms with Crippen LogP contribution in [0.25, 0.3) is 28.4 Å². The lowest BCUT2D eigenvalue weighted by atomic mass is 10.0. The molecule has 32 heavy (non-hydrogen) atoms. The molecule has 0 saturated heterocycles. The van der Waals surface area contributed by atoms with Gasteiger partial charge < -0.3 is 9.47 Å². The zero-order valence-corrected chi connectivity index (χ0v) is 18.3. The number of hydrogen-bond acceptors (Lipinski definition) is 7. The SMILES string of the molecule is CCOc1ccc(-c2nn3c(=O)/c(=C\C4=Cc5ccccc5OC4C)sc3nc2=O)cc1. The standard InChI is InChI=1S/C24H19N3O4S/c1-3-30-18-10-8-15(9-11-18)21-22(28)25-24-27(26-21)23(29)20(32-24)13-17-12-16-6-4-5-7-19(16)31-14(17)2/h4-14H,3H2,1-2H3/b20-13+. The minimum absolute atomic E-state index is 0.120. The summed E-state index contributed by atoms with van der Waals surface area (Å²) in [5.41, 5.74) is 1.71. The molecule has 5 rings (SSSR count). The van der Waals surface area contributed by atoms with Gasteiger partial charge in [0.25, 0.3) is 5.56 Å². The summed E-state index contributed by atoms with van der Waals surface area (Å²) in [6.07, 6.45) is 3.57. The predicted molar refractivity (Wildman–Crippen MR) is 124 cm³/mol. The van der Waals surface area contributed by atoms with Gasteiger partial charge in [-0.1, -0.05) is 29.5 Å². The highest BCUT2D eigenvalue weighted by atomic mass is 32.1. The van der Waals surface area contributed by atoms with Gasteiger partial charge in [0.1, 0.15) is 17.6 Å². The van der Waals surface area contributed by atoms with Gasteiger partial charge in [0.05, 0.1) is 11.1 Å². The molecule has 0 fully saturated rings. The fourth-order valence-electron chi connectivity index (χ4n) is 3.54. The van der Waals surface area contributed by atoms with E-state index in [-0.39, 0.29) is 22.3 Å². The molecule has 0 bridgehead atoms. The molecule has 0 spiro atoms. The van der Waals surface area contributed by atoms with Gasteiger partial charge >= 0.3 is 5.56 Å². The minimum Gasteiger partial charge on any atom is -0.494 e. The number of hydrogen-bond donors (Lipinski definition) is 0. The number of nitrogens with zero attached hydrogens (tertiary/aromatic N) is 3. The number of aromatic nitrogens is 3. The monoisotopic (exact) mass is 445 g/mol. The maximum absolute atomic E-state index is 13.0. The molecule has 0 radical (unpaired) electrons. The molecule has 0 aliphatic carbocycles. The van der Waals surface area contributed by atoms with Crippen molar-refractivity contribution in [3.05, 3.63) is 84.9 Å². The van der Waals surface area contributed by atoms with Gasteiger partial charge in [-0.2, -0.15) is 14.6 Å². The number of rotatable bonds is 4. The van der Waals surface area contributed by atoms with Gasteiger partial charge in [-0.25, -0.2) is 0 Å². The first-order valence-corrected chi connectivity index (χ1v) is 11.0. The topological polar surface area (TPSA) is 82.8 Å². The number of para-hydroxylation sites is 1. The molecule has 1 atom stereocenters. The number of fused-ring (bicyclic) bond motifs is 2. The summed E-state index contributed by atoms with van der Waals surface area (Å²) < 4.78 is 13.0. The van der Waals surface area contributed by atoms with E-state index >= 15 is 0 Å². The van der Waals surface area contributed by atoms with E-state index < -0.39 is 5.56 Å². The lowest BCUT2D eigenvalue weighted by Gasteiger charge is -2.22. The van der Waals surface area contributed by atoms with Crippen LogP contribution >= 0.6 is 11.3 Å². The maximum Gasteiger partial charge on any atom is 0.300 e. The van der Waals surface area contributed by atoms with Crippen LogP contribution in [-0.4, -0.2) is 27.3 Å². The van der Waals surface area contributed by atoms with E-state index in [4.69, 9.17) is 9.47 Å². The lowest BCUT2D eigenvalue weighted by molar-refractivity contribution is 0.259. The van der Waals surface area contributed by atoms with Gasteiger partial charge in [-0.05, 0) is 61.9 Å². The van der Waals surface area contributed by atoms with Crippen LogP contribution in [0.4, 0.5) is 0 Å². The summed E-state index contributed by atoms with van der Waals surface area (Å²) in [6.45, 7) is 4.38. The Hall–Kier alpha value is -3.78. The molecule has 2 aromatic heterocycles. The Balaban J connectivity index is 1.60. The fourth-order valence-corrected chi connectivity index (χ4v) is 4.44. The van der Waals surface area contributed by atoms with Gasteiger partial charge in [-0.3, -0.25) is 9.59 Å². The van der Waals surface area contributed by atoms with E-state index in [1.807, 2.05) is 44.2 Å². The first-order valence-electron chi connectivity index (χ1n) is 10.2. The summed E-state index contributed by atoms with van der Waals surface area (Å²) in [7, 11) is 0. The summed E-state index contributed by atoms with van der Waals surface area (Å²) >= 11 is 1.13. The maximum atomic E-state index is 13.0. The quantitative estimate of drug-likeness (QED) is 0.480. The Labute approximate surface area is 186 Å². The van der Waals surface area contributed by atoms with Crippen LogP contribution in [0, 0.1) is 0 Å². The molecular weight excluding hydrogens is 426 g/mol. The van der Waals surface area contributed by atoms with Crippen molar-refractivity contribution in [1.29, 1.82) is 0 Å². The lowest BCUT2D eigenvalue weighted by Crippen LogP contribution is -2.28. The molecule has 3 heterocycles. The van der Waals surface area contributed by atoms with Crippen LogP contribution in [0.2, 0.25) is 0 Å². The van der Waals surface area contributed by atoms with E-state index in [9.17, 15) is 9.59 Å². The molecule has 160 valence electrons. The van der Waals surface area contributed by atoms with Crippen LogP contribution in [0.3, 0.4) is 0 Å². The number of ether oxygens (including phenoxy) is 2. The van der Waals surface area contributed by atoms with Crippen LogP contribution < -0.4 is 25.1 Å². The van der Waals surface area contributed by atoms with Gasteiger partial charge in [-0.15, -0.1) is 0 Å². The molecule has 0 amide bonds. The average molecular weight is 446 g/mol. The number of thiazole rings is 1. The third kappa shape index (κ3) is 3.58. The molecule has 7 nitrogen and oxygen atoms in total. The van der Waals surface area contributed by atoms with Crippen molar-refractivity contribution in [3.8, 4) is 22.8 Å². The van der Waals surface area contributed by atoms with Crippen molar-refractivity contribution < 1.29 is 9.47 Å². The van der Waals surface area contributed by atoms with E-state index in [0.717, 1.165) is 28.2 Å². The first kappa shape index (κ1) is 20.1. The molecule has 2 aromatic carbocycles. The smallest absolute Gasteiger partial charge is 0.300 e. The summed E-state index contributed by atoms with van der Waals surface area (Å²) in [6, 6.07) is 14.7. The highest BCUT2D eigenvalue weighted by molar-refractivity contribution is 7.15. The predicted octanol–water partition coefficient (Wildman–Crippen LogP) is 2.94. The molecule has 8 heteroatoms. The molecule has 1 aliphatic rings. The van der Waals surface area contributed by atoms with E-state index in [0.29, 0.717) is 22.5 Å². The Morgan fingerprint density at radius 3 is 2.72 bits per heavy atom. The molecule has 0 saturated carbocycles. The molecule has 0 N–H and O–H groups in total. The van der Waals surface area contributed by atoms with Crippen LogP contribution in [0.5, 0.6) is 11.5 Å². The highest BCUT2D eigenvalue weighted by Gasteiger charge is 2.18. The Kier molecular flexibility index (Phi) is 5.07. The van der Waals surface area contributed by atoms with E-state index in [2.05, 4.69) is 10.1 Å². The Bertz CT molecular complexity index is 1520. The molecule has 1 aliphatic heterocycles. The summed E-state index contributed by atoms with van der Waals surface area (Å²) in [5.74, 6) is 1.51. The van der Waals surface area contributed by atoms with Gasteiger partial charge in [0.15, 0.2) is 5.69 Å². The second-order valence-electron chi connectivity index (χ2n) is 7.28.